The minimum Gasteiger partial charge on any atom is -0.507 e. The van der Waals surface area contributed by atoms with Crippen molar-refractivity contribution in [1.82, 2.24) is 9.88 Å². The van der Waals surface area contributed by atoms with Gasteiger partial charge in [0, 0.05) is 58.6 Å². The van der Waals surface area contributed by atoms with Gasteiger partial charge in [0.15, 0.2) is 17.7 Å². The summed E-state index contributed by atoms with van der Waals surface area (Å²) in [4.78, 5) is 19.4. The molecule has 11 nitrogen and oxygen atoms in total. The molecule has 1 aromatic heterocycles. The molecule has 7 unspecified atom stereocenters. The van der Waals surface area contributed by atoms with Crippen LogP contribution in [0.5, 0.6) is 28.7 Å². The fourth-order valence-electron chi connectivity index (χ4n) is 8.71. The van der Waals surface area contributed by atoms with Crippen LogP contribution in [0.15, 0.2) is 60.4 Å². The van der Waals surface area contributed by atoms with Gasteiger partial charge in [-0.2, -0.15) is 0 Å². The molecule has 250 valence electrons. The number of piperidine rings is 1. The summed E-state index contributed by atoms with van der Waals surface area (Å²) in [6.07, 6.45) is 0.625. The zero-order valence-corrected chi connectivity index (χ0v) is 26.8. The summed E-state index contributed by atoms with van der Waals surface area (Å²) < 4.78 is 24.2. The third-order valence-electron chi connectivity index (χ3n) is 10.8. The number of nitrogens with one attached hydrogen (secondary N) is 1. The van der Waals surface area contributed by atoms with E-state index in [0.717, 1.165) is 29.7 Å². The largest absolute Gasteiger partial charge is 0.507 e. The van der Waals surface area contributed by atoms with Gasteiger partial charge in [0.05, 0.1) is 38.2 Å². The van der Waals surface area contributed by atoms with E-state index in [-0.39, 0.29) is 47.5 Å². The van der Waals surface area contributed by atoms with Crippen molar-refractivity contribution in [3.05, 3.63) is 88.3 Å². The van der Waals surface area contributed by atoms with Crippen LogP contribution < -0.4 is 9.47 Å². The number of carbonyl (C=O) groups excluding carboxylic acids is 1. The number of rotatable bonds is 4. The van der Waals surface area contributed by atoms with Crippen molar-refractivity contribution in [3.63, 3.8) is 0 Å². The second-order valence-corrected chi connectivity index (χ2v) is 13.3. The van der Waals surface area contributed by atoms with Crippen molar-refractivity contribution in [2.75, 3.05) is 20.8 Å². The fourth-order valence-corrected chi connectivity index (χ4v) is 8.71. The second-order valence-electron chi connectivity index (χ2n) is 13.3. The van der Waals surface area contributed by atoms with Crippen molar-refractivity contribution in [2.45, 2.75) is 56.6 Å². The number of phenolic OH excluding ortho intramolecular Hbond substituents is 3. The summed E-state index contributed by atoms with van der Waals surface area (Å²) in [6, 6.07) is 14.1. The van der Waals surface area contributed by atoms with E-state index in [4.69, 9.17) is 18.9 Å². The number of aliphatic hydroxyl groups is 1. The molecule has 0 aliphatic carbocycles. The highest BCUT2D eigenvalue weighted by atomic mass is 16.5. The van der Waals surface area contributed by atoms with E-state index in [9.17, 15) is 25.2 Å². The Bertz CT molecular complexity index is 1970. The van der Waals surface area contributed by atoms with Crippen LogP contribution in [0.3, 0.4) is 0 Å². The number of aliphatic hydroxyl groups excluding tert-OH is 1. The molecular formula is C37H38N2O9. The number of hydrogen-bond acceptors (Lipinski definition) is 10. The van der Waals surface area contributed by atoms with E-state index in [2.05, 4.69) is 28.9 Å². The summed E-state index contributed by atoms with van der Waals surface area (Å²) >= 11 is 0. The van der Waals surface area contributed by atoms with Crippen LogP contribution >= 0.6 is 0 Å². The molecule has 0 bridgehead atoms. The highest BCUT2D eigenvalue weighted by molar-refractivity contribution is 5.89. The lowest BCUT2D eigenvalue weighted by atomic mass is 9.66. The topological polar surface area (TPSA) is 154 Å². The first kappa shape index (κ1) is 30.5. The van der Waals surface area contributed by atoms with Crippen molar-refractivity contribution in [2.24, 2.45) is 11.8 Å². The van der Waals surface area contributed by atoms with E-state index in [1.54, 1.807) is 12.1 Å². The van der Waals surface area contributed by atoms with Crippen molar-refractivity contribution in [1.29, 1.82) is 0 Å². The molecule has 11 heteroatoms. The summed E-state index contributed by atoms with van der Waals surface area (Å²) in [5, 5.41) is 43.7. The van der Waals surface area contributed by atoms with Crippen LogP contribution in [-0.2, 0) is 27.1 Å². The number of nitrogens with zero attached hydrogens (tertiary/aromatic N) is 1. The van der Waals surface area contributed by atoms with E-state index < -0.39 is 24.4 Å². The van der Waals surface area contributed by atoms with E-state index in [0.29, 0.717) is 34.6 Å². The highest BCUT2D eigenvalue weighted by Gasteiger charge is 2.55. The van der Waals surface area contributed by atoms with Gasteiger partial charge in [0.2, 0.25) is 0 Å². The van der Waals surface area contributed by atoms with Gasteiger partial charge in [-0.05, 0) is 48.1 Å². The molecule has 0 amide bonds. The number of fused-ring (bicyclic) bond motifs is 10. The lowest BCUT2D eigenvalue weighted by Gasteiger charge is -2.55. The van der Waals surface area contributed by atoms with Gasteiger partial charge >= 0.3 is 5.97 Å². The number of hydrogen-bond donors (Lipinski definition) is 5. The Kier molecular flexibility index (Phi) is 7.22. The Balaban J connectivity index is 1.26. The predicted molar refractivity (Wildman–Crippen MR) is 174 cm³/mol. The van der Waals surface area contributed by atoms with Crippen LogP contribution in [0.1, 0.15) is 59.4 Å². The van der Waals surface area contributed by atoms with Crippen molar-refractivity contribution < 1.29 is 44.2 Å². The van der Waals surface area contributed by atoms with E-state index >= 15 is 0 Å². The van der Waals surface area contributed by atoms with E-state index in [1.165, 1.54) is 43.6 Å². The molecule has 4 aliphatic heterocycles. The standard InChI is InChI=1S/C37H38N2O9/c1-17-31-21(23(16-45-2)37(44)46-3)13-25-33-20(19-6-4-5-7-24(19)38-33)10-11-39(25)36(31)47-30-15-27(41)22-14-29(43)34(48-35(22)32(17)30)18-8-9-26(40)28(42)12-18/h4-9,12,15-17,21,25,29,31,34,36,38,40-43H,10-11,13-14H2,1-3H3. The van der Waals surface area contributed by atoms with Crippen LogP contribution in [0.4, 0.5) is 0 Å². The van der Waals surface area contributed by atoms with Crippen LogP contribution in [0.25, 0.3) is 10.9 Å². The molecule has 1 fully saturated rings. The summed E-state index contributed by atoms with van der Waals surface area (Å²) in [5.41, 5.74) is 5.53. The summed E-state index contributed by atoms with van der Waals surface area (Å²) in [6.45, 7) is 2.82. The molecule has 5 heterocycles. The number of methoxy groups -OCH3 is 2. The van der Waals surface area contributed by atoms with Crippen molar-refractivity contribution >= 4 is 16.9 Å². The third kappa shape index (κ3) is 4.51. The Morgan fingerprint density at radius 3 is 2.60 bits per heavy atom. The first-order valence-corrected chi connectivity index (χ1v) is 16.3. The zero-order valence-electron chi connectivity index (χ0n) is 26.8. The van der Waals surface area contributed by atoms with Gasteiger partial charge in [-0.1, -0.05) is 31.2 Å². The Morgan fingerprint density at radius 2 is 1.83 bits per heavy atom. The molecule has 8 rings (SSSR count). The average Bonchev–Trinajstić information content (AvgIpc) is 3.47. The van der Waals surface area contributed by atoms with Crippen LogP contribution in [0, 0.1) is 11.8 Å². The lowest BCUT2D eigenvalue weighted by Crippen LogP contribution is -2.58. The Morgan fingerprint density at radius 1 is 1.02 bits per heavy atom. The predicted octanol–water partition coefficient (Wildman–Crippen LogP) is 5.08. The van der Waals surface area contributed by atoms with Gasteiger partial charge in [-0.15, -0.1) is 0 Å². The number of H-pyrrole nitrogens is 1. The molecule has 4 aliphatic rings. The number of phenols is 3. The first-order valence-electron chi connectivity index (χ1n) is 16.3. The normalized spacial score (nSPS) is 27.8. The minimum absolute atomic E-state index is 0.0459. The first-order chi connectivity index (χ1) is 23.2. The smallest absolute Gasteiger partial charge is 0.337 e. The highest BCUT2D eigenvalue weighted by Crippen LogP contribution is 2.59. The molecule has 7 atom stereocenters. The molecule has 0 saturated carbocycles. The quantitative estimate of drug-likeness (QED) is 0.0871. The maximum Gasteiger partial charge on any atom is 0.337 e. The zero-order chi connectivity index (χ0) is 33.4. The SMILES string of the molecule is COC=C(C(=O)OC)C1CC2c3[nH]c4ccccc4c3CCN2C2Oc3cc(O)c4c(c3C(C)C12)OC(c1ccc(O)c(O)c1)C(O)C4. The van der Waals surface area contributed by atoms with Crippen LogP contribution in [-0.4, -0.2) is 69.4 Å². The molecule has 5 N–H and O–H groups in total. The number of carbonyl (C=O) groups is 1. The lowest BCUT2D eigenvalue weighted by molar-refractivity contribution is -0.142. The monoisotopic (exact) mass is 654 g/mol. The van der Waals surface area contributed by atoms with Gasteiger partial charge in [-0.25, -0.2) is 4.79 Å². The molecule has 0 spiro atoms. The van der Waals surface area contributed by atoms with Gasteiger partial charge in [0.25, 0.3) is 0 Å². The number of aromatic nitrogens is 1. The van der Waals surface area contributed by atoms with Gasteiger partial charge < -0.3 is 44.4 Å². The molecular weight excluding hydrogens is 616 g/mol. The van der Waals surface area contributed by atoms with E-state index in [1.807, 2.05) is 12.1 Å². The number of benzene rings is 3. The number of esters is 1. The summed E-state index contributed by atoms with van der Waals surface area (Å²) in [7, 11) is 2.88. The van der Waals surface area contributed by atoms with Crippen molar-refractivity contribution in [3.8, 4) is 28.7 Å². The molecule has 48 heavy (non-hydrogen) atoms. The minimum atomic E-state index is -1.03. The second kappa shape index (κ2) is 11.4. The molecule has 0 radical (unpaired) electrons. The number of para-hydroxylation sites is 1. The fraction of sp³-hybridized carbons (Fsp3) is 0.378. The number of aromatic hydroxyl groups is 3. The third-order valence-corrected chi connectivity index (χ3v) is 10.8. The molecule has 1 saturated heterocycles. The molecule has 3 aromatic carbocycles. The number of ether oxygens (including phenoxy) is 4. The summed E-state index contributed by atoms with van der Waals surface area (Å²) in [5.74, 6) is -1.07. The van der Waals surface area contributed by atoms with Gasteiger partial charge in [0.1, 0.15) is 23.4 Å². The Labute approximate surface area is 276 Å². The van der Waals surface area contributed by atoms with Crippen LogP contribution in [0.2, 0.25) is 0 Å². The molecule has 4 aromatic rings. The maximum atomic E-state index is 13.4. The van der Waals surface area contributed by atoms with Gasteiger partial charge in [-0.3, -0.25) is 4.90 Å². The average molecular weight is 655 g/mol. The Hall–Kier alpha value is -4.87. The maximum absolute atomic E-state index is 13.4. The number of aromatic amines is 1.